The van der Waals surface area contributed by atoms with Crippen molar-refractivity contribution in [3.8, 4) is 0 Å². The predicted octanol–water partition coefficient (Wildman–Crippen LogP) is 6.23. The molecular formula is C25H25N3S. The molecule has 29 heavy (non-hydrogen) atoms. The fourth-order valence-corrected chi connectivity index (χ4v) is 4.86. The Morgan fingerprint density at radius 1 is 1.10 bits per heavy atom. The van der Waals surface area contributed by atoms with Crippen LogP contribution in [0.1, 0.15) is 52.3 Å². The van der Waals surface area contributed by atoms with Crippen LogP contribution in [0.15, 0.2) is 62.9 Å². The van der Waals surface area contributed by atoms with Crippen LogP contribution >= 0.6 is 11.3 Å². The Labute approximate surface area is 176 Å². The maximum absolute atomic E-state index is 5.31. The smallest absolute Gasteiger partial charge is 0.0995 e. The fraction of sp³-hybridized carbons (Fsp3) is 0.280. The van der Waals surface area contributed by atoms with Crippen molar-refractivity contribution in [2.45, 2.75) is 47.1 Å². The number of thiophene rings is 1. The van der Waals surface area contributed by atoms with Crippen LogP contribution in [0, 0.1) is 20.8 Å². The molecule has 0 N–H and O–H groups in total. The lowest BCUT2D eigenvalue weighted by Gasteiger charge is -2.20. The minimum atomic E-state index is -0.110. The second-order valence-electron chi connectivity index (χ2n) is 7.77. The number of aryl methyl sites for hydroxylation is 2. The molecule has 0 radical (unpaired) electrons. The summed E-state index contributed by atoms with van der Waals surface area (Å²) in [5, 5.41) is 8.91. The van der Waals surface area contributed by atoms with Gasteiger partial charge in [0.1, 0.15) is 0 Å². The summed E-state index contributed by atoms with van der Waals surface area (Å²) in [6.45, 7) is 14.4. The van der Waals surface area contributed by atoms with Crippen LogP contribution in [0.4, 0.5) is 0 Å². The Hall–Kier alpha value is -2.81. The largest absolute Gasteiger partial charge is 0.274 e. The van der Waals surface area contributed by atoms with E-state index in [0.717, 1.165) is 40.3 Å². The van der Waals surface area contributed by atoms with Gasteiger partial charge in [-0.15, -0.1) is 17.1 Å². The molecular weight excluding hydrogens is 374 g/mol. The van der Waals surface area contributed by atoms with Crippen LogP contribution in [0.3, 0.4) is 0 Å². The topological polar surface area (TPSA) is 37.1 Å². The van der Waals surface area contributed by atoms with Gasteiger partial charge < -0.3 is 0 Å². The summed E-state index contributed by atoms with van der Waals surface area (Å²) in [6, 6.07) is 8.53. The highest BCUT2D eigenvalue weighted by Crippen LogP contribution is 2.35. The number of aliphatic imine (C=N–C) groups is 1. The van der Waals surface area contributed by atoms with E-state index in [9.17, 15) is 0 Å². The lowest BCUT2D eigenvalue weighted by atomic mass is 9.90. The molecule has 2 aliphatic rings. The fourth-order valence-electron chi connectivity index (χ4n) is 3.74. The van der Waals surface area contributed by atoms with Gasteiger partial charge in [-0.25, -0.2) is 0 Å². The molecule has 0 aliphatic carbocycles. The molecule has 1 aromatic carbocycles. The quantitative estimate of drug-likeness (QED) is 0.549. The normalized spacial score (nSPS) is 19.6. The average molecular weight is 400 g/mol. The number of hydrogen-bond acceptors (Lipinski definition) is 4. The molecule has 2 aliphatic heterocycles. The predicted molar refractivity (Wildman–Crippen MR) is 126 cm³/mol. The van der Waals surface area contributed by atoms with E-state index in [-0.39, 0.29) is 6.04 Å². The molecule has 1 aromatic heterocycles. The first-order valence-corrected chi connectivity index (χ1v) is 10.7. The highest BCUT2D eigenvalue weighted by Gasteiger charge is 2.30. The van der Waals surface area contributed by atoms with Crippen molar-refractivity contribution in [1.29, 1.82) is 0 Å². The van der Waals surface area contributed by atoms with Crippen LogP contribution < -0.4 is 0 Å². The first-order valence-electron chi connectivity index (χ1n) is 9.84. The maximum Gasteiger partial charge on any atom is 0.0995 e. The van der Waals surface area contributed by atoms with Gasteiger partial charge in [0.2, 0.25) is 0 Å². The van der Waals surface area contributed by atoms with Crippen LogP contribution in [-0.4, -0.2) is 23.2 Å². The van der Waals surface area contributed by atoms with Crippen molar-refractivity contribution < 1.29 is 0 Å². The Balaban J connectivity index is 2.01. The van der Waals surface area contributed by atoms with Gasteiger partial charge in [-0.2, -0.15) is 10.2 Å². The first kappa shape index (κ1) is 19.5. The zero-order chi connectivity index (χ0) is 20.7. The van der Waals surface area contributed by atoms with Gasteiger partial charge in [0, 0.05) is 32.9 Å². The third-order valence-electron chi connectivity index (χ3n) is 5.63. The van der Waals surface area contributed by atoms with Crippen LogP contribution in [0.2, 0.25) is 0 Å². The summed E-state index contributed by atoms with van der Waals surface area (Å²) < 4.78 is 0. The van der Waals surface area contributed by atoms with Crippen molar-refractivity contribution in [1.82, 2.24) is 0 Å². The van der Waals surface area contributed by atoms with E-state index < -0.39 is 0 Å². The van der Waals surface area contributed by atoms with Gasteiger partial charge >= 0.3 is 0 Å². The van der Waals surface area contributed by atoms with Crippen LogP contribution in [-0.2, 0) is 0 Å². The van der Waals surface area contributed by atoms with E-state index in [2.05, 4.69) is 73.6 Å². The molecule has 4 heteroatoms. The van der Waals surface area contributed by atoms with E-state index >= 15 is 0 Å². The molecule has 146 valence electrons. The zero-order valence-electron chi connectivity index (χ0n) is 17.6. The lowest BCUT2D eigenvalue weighted by Crippen LogP contribution is -2.25. The molecule has 2 aromatic rings. The Bertz CT molecular complexity index is 1160. The Morgan fingerprint density at radius 3 is 2.52 bits per heavy atom. The number of hydrogen-bond donors (Lipinski definition) is 0. The average Bonchev–Trinajstić information content (AvgIpc) is 3.18. The summed E-state index contributed by atoms with van der Waals surface area (Å²) in [6.07, 6.45) is 2.99. The van der Waals surface area contributed by atoms with Gasteiger partial charge in [-0.1, -0.05) is 36.4 Å². The zero-order valence-corrected chi connectivity index (χ0v) is 18.4. The van der Waals surface area contributed by atoms with Crippen molar-refractivity contribution in [3.05, 3.63) is 79.7 Å². The molecule has 0 amide bonds. The van der Waals surface area contributed by atoms with E-state index in [1.54, 1.807) is 0 Å². The number of fused-ring (bicyclic) bond motifs is 2. The summed E-state index contributed by atoms with van der Waals surface area (Å²) >= 11 is 1.82. The first-order chi connectivity index (χ1) is 13.9. The number of nitrogens with zero attached hydrogens (tertiary/aromatic N) is 3. The molecule has 0 fully saturated rings. The SMILES string of the molecule is C=C=C(C)C[C@@H]1N=C(c2ccc(C)cc2)c2c(sc(C)c2C)/C=C2/C(C)=NN=C21. The van der Waals surface area contributed by atoms with Crippen molar-refractivity contribution in [2.75, 3.05) is 0 Å². The monoisotopic (exact) mass is 399 g/mol. The van der Waals surface area contributed by atoms with Gasteiger partial charge in [0.05, 0.1) is 23.2 Å². The van der Waals surface area contributed by atoms with E-state index in [4.69, 9.17) is 4.99 Å². The van der Waals surface area contributed by atoms with Crippen molar-refractivity contribution >= 4 is 34.5 Å². The Kier molecular flexibility index (Phi) is 5.08. The third kappa shape index (κ3) is 3.50. The number of benzene rings is 1. The van der Waals surface area contributed by atoms with Gasteiger partial charge in [0.15, 0.2) is 0 Å². The molecule has 3 nitrogen and oxygen atoms in total. The summed E-state index contributed by atoms with van der Waals surface area (Å²) in [7, 11) is 0. The highest BCUT2D eigenvalue weighted by atomic mass is 32.1. The van der Waals surface area contributed by atoms with Crippen LogP contribution in [0.5, 0.6) is 0 Å². The molecule has 3 heterocycles. The van der Waals surface area contributed by atoms with Gasteiger partial charge in [-0.05, 0) is 51.8 Å². The second kappa shape index (κ2) is 7.55. The minimum absolute atomic E-state index is 0.110. The third-order valence-corrected chi connectivity index (χ3v) is 6.78. The highest BCUT2D eigenvalue weighted by molar-refractivity contribution is 7.13. The number of rotatable bonds is 3. The van der Waals surface area contributed by atoms with Gasteiger partial charge in [-0.3, -0.25) is 4.99 Å². The molecule has 4 rings (SSSR count). The molecule has 0 saturated carbocycles. The summed E-state index contributed by atoms with van der Waals surface area (Å²) in [5.41, 5.74) is 13.0. The van der Waals surface area contributed by atoms with Crippen LogP contribution in [0.25, 0.3) is 6.08 Å². The van der Waals surface area contributed by atoms with Gasteiger partial charge in [0.25, 0.3) is 0 Å². The summed E-state index contributed by atoms with van der Waals surface area (Å²) in [4.78, 5) is 7.85. The summed E-state index contributed by atoms with van der Waals surface area (Å²) in [5.74, 6) is 0. The molecule has 0 spiro atoms. The molecule has 0 unspecified atom stereocenters. The van der Waals surface area contributed by atoms with Crippen molar-refractivity contribution in [3.63, 3.8) is 0 Å². The van der Waals surface area contributed by atoms with Crippen molar-refractivity contribution in [2.24, 2.45) is 15.2 Å². The van der Waals surface area contributed by atoms with E-state index in [1.165, 1.54) is 26.4 Å². The minimum Gasteiger partial charge on any atom is -0.274 e. The Morgan fingerprint density at radius 2 is 1.83 bits per heavy atom. The second-order valence-corrected chi connectivity index (χ2v) is 9.03. The molecule has 1 atom stereocenters. The molecule has 0 bridgehead atoms. The van der Waals surface area contributed by atoms with E-state index in [0.29, 0.717) is 0 Å². The molecule has 0 saturated heterocycles. The van der Waals surface area contributed by atoms with E-state index in [1.807, 2.05) is 25.2 Å². The maximum atomic E-state index is 5.31. The lowest BCUT2D eigenvalue weighted by molar-refractivity contribution is 0.840. The standard InChI is InChI=1S/C25H25N3S/c1-7-14(2)12-21-25-20(17(5)27-28-25)13-22-23(16(4)18(6)29-22)24(26-21)19-10-8-15(3)9-11-19/h8-11,13,21H,1,12H2,2-6H3/b20-13-,26-24?/t21-/m0/s1.